The van der Waals surface area contributed by atoms with Crippen LogP contribution in [0.2, 0.25) is 10.0 Å². The molecule has 4 nitrogen and oxygen atoms in total. The number of hydrogen-bond donors (Lipinski definition) is 2. The molecule has 0 aliphatic carbocycles. The molecule has 0 aliphatic heterocycles. The molecule has 166 valence electrons. The zero-order chi connectivity index (χ0) is 23.6. The van der Waals surface area contributed by atoms with Crippen molar-refractivity contribution >= 4 is 67.9 Å². The molecular weight excluding hydrogens is 532 g/mol. The van der Waals surface area contributed by atoms with Gasteiger partial charge in [0, 0.05) is 20.6 Å². The summed E-state index contributed by atoms with van der Waals surface area (Å²) in [5, 5.41) is 5.33. The smallest absolute Gasteiger partial charge is 0.353 e. The first-order chi connectivity index (χ1) is 15.0. The van der Waals surface area contributed by atoms with E-state index in [9.17, 15) is 22.8 Å². The molecule has 32 heavy (non-hydrogen) atoms. The Balaban J connectivity index is 1.90. The Hall–Kier alpha value is -2.55. The van der Waals surface area contributed by atoms with Gasteiger partial charge < -0.3 is 10.6 Å². The first-order valence-electron chi connectivity index (χ1n) is 9.01. The average Bonchev–Trinajstić information content (AvgIpc) is 2.72. The van der Waals surface area contributed by atoms with E-state index in [1.54, 1.807) is 25.1 Å². The molecule has 10 heteroatoms. The Morgan fingerprint density at radius 3 is 2.25 bits per heavy atom. The summed E-state index contributed by atoms with van der Waals surface area (Å²) in [7, 11) is 0. The van der Waals surface area contributed by atoms with E-state index in [0.717, 1.165) is 0 Å². The van der Waals surface area contributed by atoms with Crippen LogP contribution in [0.25, 0.3) is 0 Å². The first-order valence-corrected chi connectivity index (χ1v) is 10.6. The van der Waals surface area contributed by atoms with Crippen LogP contribution in [0.5, 0.6) is 0 Å². The number of carbonyl (C=O) groups is 2. The van der Waals surface area contributed by atoms with E-state index in [2.05, 4.69) is 21.2 Å². The monoisotopic (exact) mass is 544 g/mol. The molecule has 0 spiro atoms. The maximum atomic E-state index is 12.9. The van der Waals surface area contributed by atoms with E-state index in [1.165, 1.54) is 36.4 Å². The van der Waals surface area contributed by atoms with Gasteiger partial charge in [0.2, 0.25) is 0 Å². The number of amides is 1. The predicted molar refractivity (Wildman–Crippen MR) is 123 cm³/mol. The lowest BCUT2D eigenvalue weighted by atomic mass is 9.99. The molecule has 3 aromatic rings. The van der Waals surface area contributed by atoms with Crippen LogP contribution in [0.3, 0.4) is 0 Å². The predicted octanol–water partition coefficient (Wildman–Crippen LogP) is 7.54. The van der Waals surface area contributed by atoms with Crippen LogP contribution in [0.1, 0.15) is 21.5 Å². The third kappa shape index (κ3) is 5.43. The quantitative estimate of drug-likeness (QED) is 0.325. The minimum atomic E-state index is -5.04. The molecule has 0 saturated carbocycles. The van der Waals surface area contributed by atoms with Gasteiger partial charge in [0.25, 0.3) is 0 Å². The molecule has 2 N–H and O–H groups in total. The highest BCUT2D eigenvalue weighted by molar-refractivity contribution is 9.10. The number of halogens is 6. The first kappa shape index (κ1) is 24.1. The van der Waals surface area contributed by atoms with Gasteiger partial charge >= 0.3 is 12.1 Å². The zero-order valence-corrected chi connectivity index (χ0v) is 19.4. The Morgan fingerprint density at radius 1 is 0.906 bits per heavy atom. The summed E-state index contributed by atoms with van der Waals surface area (Å²) in [5.74, 6) is -2.38. The summed E-state index contributed by atoms with van der Waals surface area (Å²) in [6, 6.07) is 13.8. The lowest BCUT2D eigenvalue weighted by Crippen LogP contribution is -2.30. The number of carbonyl (C=O) groups excluding carboxylic acids is 2. The molecule has 0 unspecified atom stereocenters. The van der Waals surface area contributed by atoms with Gasteiger partial charge in [-0.15, -0.1) is 0 Å². The van der Waals surface area contributed by atoms with Crippen LogP contribution in [-0.4, -0.2) is 17.9 Å². The second kappa shape index (κ2) is 9.52. The van der Waals surface area contributed by atoms with Crippen molar-refractivity contribution in [2.75, 3.05) is 10.6 Å². The molecule has 0 aliphatic rings. The van der Waals surface area contributed by atoms with Crippen LogP contribution in [0, 0.1) is 6.92 Å². The van der Waals surface area contributed by atoms with Crippen LogP contribution in [0.4, 0.5) is 30.2 Å². The molecule has 0 fully saturated rings. The summed E-state index contributed by atoms with van der Waals surface area (Å²) in [4.78, 5) is 24.2. The molecule has 0 heterocycles. The fourth-order valence-corrected chi connectivity index (χ4v) is 3.60. The lowest BCUT2D eigenvalue weighted by molar-refractivity contribution is -0.167. The van der Waals surface area contributed by atoms with Gasteiger partial charge in [-0.3, -0.25) is 9.59 Å². The van der Waals surface area contributed by atoms with Crippen molar-refractivity contribution in [3.05, 3.63) is 85.8 Å². The zero-order valence-electron chi connectivity index (χ0n) is 16.3. The van der Waals surface area contributed by atoms with Crippen LogP contribution >= 0.6 is 39.1 Å². The summed E-state index contributed by atoms with van der Waals surface area (Å²) in [6.07, 6.45) is -5.04. The lowest BCUT2D eigenvalue weighted by Gasteiger charge is -2.16. The van der Waals surface area contributed by atoms with Gasteiger partial charge in [-0.2, -0.15) is 13.2 Å². The number of rotatable bonds is 5. The SMILES string of the molecule is Cc1c(Cl)cccc1C(=O)c1ccc(Nc2cc(Br)ccc2NC(=O)C(F)(F)F)c(Cl)c1. The van der Waals surface area contributed by atoms with Crippen molar-refractivity contribution < 1.29 is 22.8 Å². The molecule has 0 aromatic heterocycles. The van der Waals surface area contributed by atoms with Gasteiger partial charge in [0.1, 0.15) is 0 Å². The van der Waals surface area contributed by atoms with E-state index in [4.69, 9.17) is 23.2 Å². The topological polar surface area (TPSA) is 58.2 Å². The highest BCUT2D eigenvalue weighted by atomic mass is 79.9. The number of anilines is 3. The van der Waals surface area contributed by atoms with Crippen LogP contribution in [-0.2, 0) is 4.79 Å². The second-order valence-electron chi connectivity index (χ2n) is 6.70. The van der Waals surface area contributed by atoms with Gasteiger partial charge in [-0.25, -0.2) is 0 Å². The van der Waals surface area contributed by atoms with E-state index in [0.29, 0.717) is 31.9 Å². The molecular formula is C22H14BrCl2F3N2O2. The molecule has 0 saturated heterocycles. The summed E-state index contributed by atoms with van der Waals surface area (Å²) >= 11 is 15.7. The molecule has 0 atom stereocenters. The van der Waals surface area contributed by atoms with E-state index in [1.807, 2.05) is 5.32 Å². The molecule has 1 amide bonds. The second-order valence-corrected chi connectivity index (χ2v) is 8.43. The highest BCUT2D eigenvalue weighted by Crippen LogP contribution is 2.34. The van der Waals surface area contributed by atoms with Crippen molar-refractivity contribution in [2.45, 2.75) is 13.1 Å². The van der Waals surface area contributed by atoms with Crippen LogP contribution in [0.15, 0.2) is 59.1 Å². The third-order valence-corrected chi connectivity index (χ3v) is 5.72. The summed E-state index contributed by atoms with van der Waals surface area (Å²) in [6.45, 7) is 1.73. The maximum Gasteiger partial charge on any atom is 0.471 e. The van der Waals surface area contributed by atoms with Crippen molar-refractivity contribution in [3.8, 4) is 0 Å². The maximum absolute atomic E-state index is 12.9. The molecule has 3 aromatic carbocycles. The number of ketones is 1. The third-order valence-electron chi connectivity index (χ3n) is 4.50. The van der Waals surface area contributed by atoms with Gasteiger partial charge in [0.15, 0.2) is 5.78 Å². The molecule has 0 radical (unpaired) electrons. The average molecular weight is 546 g/mol. The van der Waals surface area contributed by atoms with Gasteiger partial charge in [-0.05, 0) is 55.0 Å². The largest absolute Gasteiger partial charge is 0.471 e. The van der Waals surface area contributed by atoms with Gasteiger partial charge in [0.05, 0.1) is 22.1 Å². The van der Waals surface area contributed by atoms with Crippen molar-refractivity contribution in [1.82, 2.24) is 0 Å². The highest BCUT2D eigenvalue weighted by Gasteiger charge is 2.39. The van der Waals surface area contributed by atoms with Crippen molar-refractivity contribution in [1.29, 1.82) is 0 Å². The van der Waals surface area contributed by atoms with Crippen molar-refractivity contribution in [3.63, 3.8) is 0 Å². The number of nitrogens with one attached hydrogen (secondary N) is 2. The Kier molecular flexibility index (Phi) is 7.17. The Labute approximate surface area is 199 Å². The normalized spacial score (nSPS) is 11.2. The fourth-order valence-electron chi connectivity index (χ4n) is 2.83. The Morgan fingerprint density at radius 2 is 1.59 bits per heavy atom. The van der Waals surface area contributed by atoms with Gasteiger partial charge in [-0.1, -0.05) is 51.3 Å². The summed E-state index contributed by atoms with van der Waals surface area (Å²) < 4.78 is 38.5. The van der Waals surface area contributed by atoms with Crippen LogP contribution < -0.4 is 10.6 Å². The van der Waals surface area contributed by atoms with E-state index < -0.39 is 12.1 Å². The minimum Gasteiger partial charge on any atom is -0.353 e. The molecule has 0 bridgehead atoms. The standard InChI is InChI=1S/C22H14BrCl2F3N2O2/c1-11-14(3-2-4-15(11)24)20(31)12-5-7-17(16(25)9-12)29-19-10-13(23)6-8-18(19)30-21(32)22(26,27)28/h2-10,29H,1H3,(H,30,32). The molecule has 3 rings (SSSR count). The minimum absolute atomic E-state index is 0.0960. The fraction of sp³-hybridized carbons (Fsp3) is 0.0909. The number of benzene rings is 3. The van der Waals surface area contributed by atoms with E-state index >= 15 is 0 Å². The summed E-state index contributed by atoms with van der Waals surface area (Å²) in [5.41, 5.74) is 1.78. The number of alkyl halides is 3. The van der Waals surface area contributed by atoms with E-state index in [-0.39, 0.29) is 22.2 Å². The van der Waals surface area contributed by atoms with Crippen molar-refractivity contribution in [2.24, 2.45) is 0 Å². The number of hydrogen-bond acceptors (Lipinski definition) is 3. The Bertz CT molecular complexity index is 1220.